The first-order valence-corrected chi connectivity index (χ1v) is 15.6. The fourth-order valence-corrected chi connectivity index (χ4v) is 6.02. The number of hydrogen-bond donors (Lipinski definition) is 3. The molecule has 9 nitrogen and oxygen atoms in total. The van der Waals surface area contributed by atoms with Crippen molar-refractivity contribution < 1.29 is 22.7 Å². The van der Waals surface area contributed by atoms with Crippen LogP contribution in [0, 0.1) is 0 Å². The van der Waals surface area contributed by atoms with Crippen molar-refractivity contribution in [2.75, 3.05) is 30.3 Å². The van der Waals surface area contributed by atoms with Crippen LogP contribution in [-0.4, -0.2) is 61.8 Å². The summed E-state index contributed by atoms with van der Waals surface area (Å²) in [6.07, 6.45) is 2.94. The van der Waals surface area contributed by atoms with Gasteiger partial charge in [-0.05, 0) is 42.0 Å². The van der Waals surface area contributed by atoms with Crippen LogP contribution in [0.15, 0.2) is 78.0 Å². The third kappa shape index (κ3) is 7.18. The van der Waals surface area contributed by atoms with E-state index in [1.165, 1.54) is 31.1 Å². The summed E-state index contributed by atoms with van der Waals surface area (Å²) in [5.41, 5.74) is 2.06. The van der Waals surface area contributed by atoms with Gasteiger partial charge in [0.05, 0.1) is 23.1 Å². The van der Waals surface area contributed by atoms with E-state index < -0.39 is 21.2 Å². The van der Waals surface area contributed by atoms with Crippen LogP contribution in [0.25, 0.3) is 10.9 Å². The summed E-state index contributed by atoms with van der Waals surface area (Å²) in [5.74, 6) is 1.32. The average molecular weight is 599 g/mol. The Morgan fingerprint density at radius 2 is 1.95 bits per heavy atom. The molecule has 0 aliphatic carbocycles. The molecule has 2 N–H and O–H groups in total. The number of carbonyl (C=O) groups is 2. The molecule has 1 amide bonds. The molecule has 2 aromatic carbocycles. The molecule has 0 fully saturated rings. The number of aromatic nitrogens is 2. The van der Waals surface area contributed by atoms with Gasteiger partial charge in [0.15, 0.2) is 5.03 Å². The number of aldehydes is 1. The van der Waals surface area contributed by atoms with Gasteiger partial charge in [-0.3, -0.25) is 9.10 Å². The molecule has 1 unspecified atom stereocenters. The van der Waals surface area contributed by atoms with Crippen molar-refractivity contribution in [2.45, 2.75) is 22.4 Å². The minimum absolute atomic E-state index is 0.107. The molecule has 2 aromatic heterocycles. The molecular weight excluding hydrogens is 569 g/mol. The van der Waals surface area contributed by atoms with E-state index >= 15 is 0 Å². The Kier molecular flexibility index (Phi) is 10.1. The number of benzene rings is 2. The number of pyridine rings is 1. The summed E-state index contributed by atoms with van der Waals surface area (Å²) in [4.78, 5) is 31.7. The van der Waals surface area contributed by atoms with Gasteiger partial charge < -0.3 is 19.8 Å². The summed E-state index contributed by atoms with van der Waals surface area (Å²) in [7, 11) is -2.57. The first-order valence-electron chi connectivity index (χ1n) is 12.5. The van der Waals surface area contributed by atoms with Crippen LogP contribution in [0.1, 0.15) is 22.5 Å². The Balaban J connectivity index is 1.57. The van der Waals surface area contributed by atoms with Crippen molar-refractivity contribution in [3.63, 3.8) is 0 Å². The Morgan fingerprint density at radius 3 is 2.65 bits per heavy atom. The third-order valence-electron chi connectivity index (χ3n) is 6.02. The van der Waals surface area contributed by atoms with Crippen molar-refractivity contribution in [1.29, 1.82) is 0 Å². The van der Waals surface area contributed by atoms with Gasteiger partial charge in [0.25, 0.3) is 15.9 Å². The molecule has 0 saturated carbocycles. The minimum Gasteiger partial charge on any atom is -0.493 e. The maximum atomic E-state index is 13.3. The highest BCUT2D eigenvalue weighted by Gasteiger charge is 2.26. The van der Waals surface area contributed by atoms with E-state index in [1.54, 1.807) is 30.3 Å². The maximum absolute atomic E-state index is 13.3. The lowest BCUT2D eigenvalue weighted by Crippen LogP contribution is -2.31. The number of thioether (sulfide) groups is 1. The van der Waals surface area contributed by atoms with Gasteiger partial charge in [0, 0.05) is 37.0 Å². The van der Waals surface area contributed by atoms with Crippen LogP contribution >= 0.6 is 24.4 Å². The largest absolute Gasteiger partial charge is 0.493 e. The molecule has 0 aliphatic rings. The summed E-state index contributed by atoms with van der Waals surface area (Å²) in [6.45, 7) is 0.546. The van der Waals surface area contributed by atoms with Crippen LogP contribution in [-0.2, 0) is 20.6 Å². The molecule has 2 heterocycles. The van der Waals surface area contributed by atoms with Gasteiger partial charge in [0.1, 0.15) is 17.7 Å². The van der Waals surface area contributed by atoms with E-state index in [2.05, 4.69) is 27.9 Å². The number of rotatable bonds is 14. The van der Waals surface area contributed by atoms with Crippen molar-refractivity contribution in [2.24, 2.45) is 0 Å². The summed E-state index contributed by atoms with van der Waals surface area (Å²) in [5, 5.41) is 2.87. The van der Waals surface area contributed by atoms with Crippen molar-refractivity contribution >= 4 is 63.2 Å². The highest BCUT2D eigenvalue weighted by atomic mass is 32.2. The van der Waals surface area contributed by atoms with E-state index in [9.17, 15) is 18.0 Å². The van der Waals surface area contributed by atoms with E-state index in [0.717, 1.165) is 16.2 Å². The summed E-state index contributed by atoms with van der Waals surface area (Å²) in [6, 6.07) is 19.4. The zero-order valence-electron chi connectivity index (χ0n) is 21.8. The van der Waals surface area contributed by atoms with Crippen LogP contribution in [0.3, 0.4) is 0 Å². The number of ether oxygens (including phenoxy) is 1. The lowest BCUT2D eigenvalue weighted by Gasteiger charge is -2.20. The Hall–Kier alpha value is -3.48. The number of H-pyrrole nitrogens is 1. The van der Waals surface area contributed by atoms with E-state index in [-0.39, 0.29) is 17.3 Å². The monoisotopic (exact) mass is 598 g/mol. The number of amides is 1. The Bertz CT molecular complexity index is 1550. The van der Waals surface area contributed by atoms with Gasteiger partial charge in [-0.25, -0.2) is 4.98 Å². The van der Waals surface area contributed by atoms with Gasteiger partial charge in [0.2, 0.25) is 0 Å². The number of carbonyl (C=O) groups excluding carboxylic acids is 2. The predicted octanol–water partition coefficient (Wildman–Crippen LogP) is 4.32. The normalized spacial score (nSPS) is 12.2. The van der Waals surface area contributed by atoms with Crippen LogP contribution in [0.4, 0.5) is 5.69 Å². The van der Waals surface area contributed by atoms with Crippen molar-refractivity contribution in [3.8, 4) is 5.75 Å². The molecule has 0 spiro atoms. The second kappa shape index (κ2) is 13.7. The topological polar surface area (TPSA) is 121 Å². The second-order valence-electron chi connectivity index (χ2n) is 8.84. The lowest BCUT2D eigenvalue weighted by molar-refractivity contribution is -0.107. The smallest absolute Gasteiger partial charge is 0.281 e. The lowest BCUT2D eigenvalue weighted by atomic mass is 10.2. The van der Waals surface area contributed by atoms with Crippen LogP contribution in [0.5, 0.6) is 5.75 Å². The van der Waals surface area contributed by atoms with Gasteiger partial charge in [-0.15, -0.1) is 11.8 Å². The molecule has 210 valence electrons. The molecular formula is C28H30N4O5S3. The highest BCUT2D eigenvalue weighted by molar-refractivity contribution is 7.99. The van der Waals surface area contributed by atoms with Gasteiger partial charge >= 0.3 is 0 Å². The van der Waals surface area contributed by atoms with E-state index in [4.69, 9.17) is 4.74 Å². The summed E-state index contributed by atoms with van der Waals surface area (Å²) >= 11 is 5.65. The van der Waals surface area contributed by atoms with Crippen molar-refractivity contribution in [1.82, 2.24) is 15.3 Å². The van der Waals surface area contributed by atoms with E-state index in [1.807, 2.05) is 30.3 Å². The molecule has 0 aliphatic heterocycles. The third-order valence-corrected chi connectivity index (χ3v) is 9.23. The number of nitrogens with one attached hydrogen (secondary N) is 2. The molecule has 0 saturated heterocycles. The standard InChI is InChI=1S/C28H30N4O5S3/c1-32(40(35,36)26-10-5-6-11-29-26)25-16-22(37-12-7-13-38)14-21-15-24(31-27(21)25)28(34)30-17-23(18-33)39-19-20-8-3-2-4-9-20/h2-6,8-11,14-16,18,23,31,38H,7,12-13,17,19H2,1H3,(H,30,34). The molecule has 0 bridgehead atoms. The fourth-order valence-electron chi connectivity index (χ4n) is 3.89. The first kappa shape index (κ1) is 29.5. The highest BCUT2D eigenvalue weighted by Crippen LogP contribution is 2.34. The second-order valence-corrected chi connectivity index (χ2v) is 12.4. The number of sulfonamides is 1. The molecule has 12 heteroatoms. The summed E-state index contributed by atoms with van der Waals surface area (Å²) < 4.78 is 33.7. The molecule has 4 rings (SSSR count). The van der Waals surface area contributed by atoms with Crippen molar-refractivity contribution in [3.05, 3.63) is 84.2 Å². The van der Waals surface area contributed by atoms with Crippen LogP contribution < -0.4 is 14.4 Å². The number of hydrogen-bond acceptors (Lipinski definition) is 8. The fraction of sp³-hybridized carbons (Fsp3) is 0.250. The first-order chi connectivity index (χ1) is 19.3. The quantitative estimate of drug-likeness (QED) is 0.112. The molecule has 4 aromatic rings. The number of anilines is 1. The van der Waals surface area contributed by atoms with E-state index in [0.29, 0.717) is 46.9 Å². The Labute approximate surface area is 243 Å². The maximum Gasteiger partial charge on any atom is 0.281 e. The SMILES string of the molecule is CN(c1cc(OCCCS)cc2cc(C(=O)NCC(C=O)SCc3ccccc3)[nH]c12)S(=O)(=O)c1ccccn1. The number of fused-ring (bicyclic) bond motifs is 1. The Morgan fingerprint density at radius 1 is 1.18 bits per heavy atom. The predicted molar refractivity (Wildman–Crippen MR) is 162 cm³/mol. The zero-order valence-corrected chi connectivity index (χ0v) is 24.3. The zero-order chi connectivity index (χ0) is 28.5. The average Bonchev–Trinajstić information content (AvgIpc) is 3.42. The molecule has 40 heavy (non-hydrogen) atoms. The van der Waals surface area contributed by atoms with Crippen LogP contribution in [0.2, 0.25) is 0 Å². The number of aromatic amines is 1. The molecule has 1 atom stereocenters. The van der Waals surface area contributed by atoms with Gasteiger partial charge in [-0.1, -0.05) is 36.4 Å². The number of thiol groups is 1. The molecule has 0 radical (unpaired) electrons. The number of nitrogens with zero attached hydrogens (tertiary/aromatic N) is 2. The van der Waals surface area contributed by atoms with Gasteiger partial charge in [-0.2, -0.15) is 21.0 Å². The minimum atomic E-state index is -4.00.